The molecule has 1 heterocycles. The lowest BCUT2D eigenvalue weighted by Gasteiger charge is -2.20. The highest BCUT2D eigenvalue weighted by Gasteiger charge is 2.19. The highest BCUT2D eigenvalue weighted by Crippen LogP contribution is 2.27. The largest absolute Gasteiger partial charge is 0.491 e. The van der Waals surface area contributed by atoms with Crippen LogP contribution in [0.15, 0.2) is 18.2 Å². The third-order valence-corrected chi connectivity index (χ3v) is 3.16. The van der Waals surface area contributed by atoms with Gasteiger partial charge in [-0.2, -0.15) is 0 Å². The maximum absolute atomic E-state index is 11.9. The molecule has 0 aliphatic carbocycles. The van der Waals surface area contributed by atoms with Crippen molar-refractivity contribution in [2.24, 2.45) is 0 Å². The molecule has 5 heteroatoms. The van der Waals surface area contributed by atoms with Gasteiger partial charge in [-0.3, -0.25) is 0 Å². The monoisotopic (exact) mass is 263 g/mol. The molecular weight excluding hydrogens is 242 g/mol. The highest BCUT2D eigenvalue weighted by atomic mass is 16.5. The first-order valence-electron chi connectivity index (χ1n) is 6.57. The van der Waals surface area contributed by atoms with Gasteiger partial charge in [-0.15, -0.1) is 0 Å². The molecular formula is C14H21N3O2. The molecule has 0 fully saturated rings. The molecule has 0 bridgehead atoms. The number of amides is 2. The van der Waals surface area contributed by atoms with Gasteiger partial charge in [0.25, 0.3) is 0 Å². The Morgan fingerprint density at radius 1 is 1.47 bits per heavy atom. The average Bonchev–Trinajstić information content (AvgIpc) is 2.60. The van der Waals surface area contributed by atoms with Crippen LogP contribution >= 0.6 is 0 Å². The molecule has 1 aromatic carbocycles. The van der Waals surface area contributed by atoms with Gasteiger partial charge in [-0.1, -0.05) is 0 Å². The number of urea groups is 1. The van der Waals surface area contributed by atoms with Crippen LogP contribution in [-0.4, -0.2) is 44.7 Å². The standard InChI is InChI=1S/C14H21N3O2/c1-4-15-14(18)17-7-8-19-13-6-5-12(16(2)3)9-11(13)10-17/h5-6,9H,4,7-8,10H2,1-3H3,(H,15,18). The van der Waals surface area contributed by atoms with Crippen molar-refractivity contribution in [3.8, 4) is 5.75 Å². The molecule has 0 saturated carbocycles. The quantitative estimate of drug-likeness (QED) is 0.883. The first kappa shape index (κ1) is 13.5. The van der Waals surface area contributed by atoms with Crippen molar-refractivity contribution in [1.82, 2.24) is 10.2 Å². The summed E-state index contributed by atoms with van der Waals surface area (Å²) in [6, 6.07) is 6.05. The van der Waals surface area contributed by atoms with E-state index in [1.807, 2.05) is 38.1 Å². The molecule has 0 saturated heterocycles. The predicted molar refractivity (Wildman–Crippen MR) is 75.7 cm³/mol. The summed E-state index contributed by atoms with van der Waals surface area (Å²) >= 11 is 0. The number of nitrogens with one attached hydrogen (secondary N) is 1. The molecule has 2 rings (SSSR count). The van der Waals surface area contributed by atoms with Crippen LogP contribution in [0.5, 0.6) is 5.75 Å². The lowest BCUT2D eigenvalue weighted by Crippen LogP contribution is -2.40. The second kappa shape index (κ2) is 5.82. The van der Waals surface area contributed by atoms with E-state index < -0.39 is 0 Å². The van der Waals surface area contributed by atoms with E-state index in [1.54, 1.807) is 4.90 Å². The molecule has 5 nitrogen and oxygen atoms in total. The summed E-state index contributed by atoms with van der Waals surface area (Å²) in [6.45, 7) is 4.29. The number of rotatable bonds is 2. The number of hydrogen-bond donors (Lipinski definition) is 1. The second-order valence-corrected chi connectivity index (χ2v) is 4.79. The van der Waals surface area contributed by atoms with E-state index in [2.05, 4.69) is 11.4 Å². The van der Waals surface area contributed by atoms with Crippen molar-refractivity contribution in [1.29, 1.82) is 0 Å². The molecule has 19 heavy (non-hydrogen) atoms. The van der Waals surface area contributed by atoms with E-state index in [-0.39, 0.29) is 6.03 Å². The van der Waals surface area contributed by atoms with Gasteiger partial charge < -0.3 is 19.9 Å². The summed E-state index contributed by atoms with van der Waals surface area (Å²) < 4.78 is 5.70. The zero-order valence-corrected chi connectivity index (χ0v) is 11.8. The maximum atomic E-state index is 11.9. The topological polar surface area (TPSA) is 44.8 Å². The minimum absolute atomic E-state index is 0.0331. The van der Waals surface area contributed by atoms with Gasteiger partial charge in [0.2, 0.25) is 0 Å². The van der Waals surface area contributed by atoms with Crippen LogP contribution in [0.4, 0.5) is 10.5 Å². The smallest absolute Gasteiger partial charge is 0.317 e. The minimum atomic E-state index is -0.0331. The second-order valence-electron chi connectivity index (χ2n) is 4.79. The number of benzene rings is 1. The number of carbonyl (C=O) groups is 1. The molecule has 1 N–H and O–H groups in total. The van der Waals surface area contributed by atoms with Gasteiger partial charge in [0.05, 0.1) is 13.1 Å². The van der Waals surface area contributed by atoms with Gasteiger partial charge in [-0.25, -0.2) is 4.79 Å². The van der Waals surface area contributed by atoms with Crippen molar-refractivity contribution in [3.05, 3.63) is 23.8 Å². The number of ether oxygens (including phenoxy) is 1. The summed E-state index contributed by atoms with van der Waals surface area (Å²) in [5.41, 5.74) is 2.16. The van der Waals surface area contributed by atoms with Crippen molar-refractivity contribution in [2.45, 2.75) is 13.5 Å². The van der Waals surface area contributed by atoms with Crippen LogP contribution in [0.3, 0.4) is 0 Å². The van der Waals surface area contributed by atoms with E-state index in [0.717, 1.165) is 17.0 Å². The molecule has 0 atom stereocenters. The Morgan fingerprint density at radius 2 is 2.26 bits per heavy atom. The van der Waals surface area contributed by atoms with Crippen LogP contribution in [-0.2, 0) is 6.54 Å². The highest BCUT2D eigenvalue weighted by molar-refractivity contribution is 5.74. The van der Waals surface area contributed by atoms with Crippen molar-refractivity contribution in [2.75, 3.05) is 38.7 Å². The number of fused-ring (bicyclic) bond motifs is 1. The summed E-state index contributed by atoms with van der Waals surface area (Å²) in [4.78, 5) is 15.8. The summed E-state index contributed by atoms with van der Waals surface area (Å²) in [7, 11) is 4.00. The van der Waals surface area contributed by atoms with Crippen molar-refractivity contribution < 1.29 is 9.53 Å². The van der Waals surface area contributed by atoms with Crippen molar-refractivity contribution in [3.63, 3.8) is 0 Å². The molecule has 1 aliphatic heterocycles. The van der Waals surface area contributed by atoms with E-state index in [0.29, 0.717) is 26.2 Å². The summed E-state index contributed by atoms with van der Waals surface area (Å²) in [6.07, 6.45) is 0. The Balaban J connectivity index is 2.22. The fourth-order valence-corrected chi connectivity index (χ4v) is 2.10. The Labute approximate surface area is 114 Å². The first-order valence-corrected chi connectivity index (χ1v) is 6.57. The van der Waals surface area contributed by atoms with Crippen molar-refractivity contribution >= 4 is 11.7 Å². The normalized spacial score (nSPS) is 14.2. The predicted octanol–water partition coefficient (Wildman–Crippen LogP) is 1.68. The summed E-state index contributed by atoms with van der Waals surface area (Å²) in [5.74, 6) is 0.873. The fourth-order valence-electron chi connectivity index (χ4n) is 2.10. The van der Waals surface area contributed by atoms with Crippen LogP contribution < -0.4 is 15.0 Å². The first-order chi connectivity index (χ1) is 9.11. The Hall–Kier alpha value is -1.91. The Bertz CT molecular complexity index is 460. The van der Waals surface area contributed by atoms with Gasteiger partial charge in [0.1, 0.15) is 12.4 Å². The molecule has 1 aliphatic rings. The maximum Gasteiger partial charge on any atom is 0.317 e. The van der Waals surface area contributed by atoms with Crippen LogP contribution in [0.2, 0.25) is 0 Å². The lowest BCUT2D eigenvalue weighted by atomic mass is 10.1. The summed E-state index contributed by atoms with van der Waals surface area (Å²) in [5, 5.41) is 2.83. The van der Waals surface area contributed by atoms with Gasteiger partial charge >= 0.3 is 6.03 Å². The molecule has 1 aromatic rings. The van der Waals surface area contributed by atoms with Gasteiger partial charge in [-0.05, 0) is 25.1 Å². The fraction of sp³-hybridized carbons (Fsp3) is 0.500. The van der Waals surface area contributed by atoms with Crippen LogP contribution in [0, 0.1) is 0 Å². The van der Waals surface area contributed by atoms with E-state index in [9.17, 15) is 4.79 Å². The van der Waals surface area contributed by atoms with Crippen LogP contribution in [0.1, 0.15) is 12.5 Å². The Kier molecular flexibility index (Phi) is 4.14. The molecule has 0 radical (unpaired) electrons. The zero-order chi connectivity index (χ0) is 13.8. The number of nitrogens with zero attached hydrogens (tertiary/aromatic N) is 2. The Morgan fingerprint density at radius 3 is 2.95 bits per heavy atom. The third-order valence-electron chi connectivity index (χ3n) is 3.16. The number of carbonyl (C=O) groups excluding carboxylic acids is 1. The van der Waals surface area contributed by atoms with E-state index in [1.165, 1.54) is 0 Å². The average molecular weight is 263 g/mol. The van der Waals surface area contributed by atoms with E-state index in [4.69, 9.17) is 4.74 Å². The molecule has 104 valence electrons. The lowest BCUT2D eigenvalue weighted by molar-refractivity contribution is 0.188. The number of anilines is 1. The van der Waals surface area contributed by atoms with Gasteiger partial charge in [0.15, 0.2) is 0 Å². The minimum Gasteiger partial charge on any atom is -0.491 e. The van der Waals surface area contributed by atoms with Gasteiger partial charge in [0, 0.05) is 31.9 Å². The third kappa shape index (κ3) is 3.10. The molecule has 0 spiro atoms. The number of hydrogen-bond acceptors (Lipinski definition) is 3. The molecule has 0 unspecified atom stereocenters. The SMILES string of the molecule is CCNC(=O)N1CCOc2ccc(N(C)C)cc2C1. The van der Waals surface area contributed by atoms with E-state index >= 15 is 0 Å². The zero-order valence-electron chi connectivity index (χ0n) is 11.8. The molecule has 2 amide bonds. The van der Waals surface area contributed by atoms with Crippen LogP contribution in [0.25, 0.3) is 0 Å². The molecule has 0 aromatic heterocycles.